The summed E-state index contributed by atoms with van der Waals surface area (Å²) in [6, 6.07) is 4.59. The van der Waals surface area contributed by atoms with Crippen molar-refractivity contribution in [1.82, 2.24) is 24.7 Å². The minimum atomic E-state index is 0. The van der Waals surface area contributed by atoms with Gasteiger partial charge in [-0.3, -0.25) is 9.89 Å². The fourth-order valence-corrected chi connectivity index (χ4v) is 4.22. The first-order valence-corrected chi connectivity index (χ1v) is 11.0. The lowest BCUT2D eigenvalue weighted by Crippen LogP contribution is -2.49. The number of nitrogens with zero attached hydrogens (tertiary/aromatic N) is 5. The summed E-state index contributed by atoms with van der Waals surface area (Å²) in [5, 5.41) is 3.51. The highest BCUT2D eigenvalue weighted by Crippen LogP contribution is 2.28. The van der Waals surface area contributed by atoms with Crippen molar-refractivity contribution >= 4 is 29.9 Å². The van der Waals surface area contributed by atoms with Gasteiger partial charge in [0.25, 0.3) is 0 Å². The summed E-state index contributed by atoms with van der Waals surface area (Å²) in [5.74, 6) is 2.60. The van der Waals surface area contributed by atoms with E-state index in [1.54, 1.807) is 6.26 Å². The Bertz CT molecular complexity index is 729. The normalized spacial score (nSPS) is 20.8. The maximum Gasteiger partial charge on any atom is 0.194 e. The molecule has 8 heteroatoms. The zero-order valence-electron chi connectivity index (χ0n) is 18.7. The van der Waals surface area contributed by atoms with Crippen molar-refractivity contribution in [3.63, 3.8) is 0 Å². The Morgan fingerprint density at radius 2 is 2.17 bits per heavy atom. The zero-order chi connectivity index (χ0) is 20.6. The molecule has 0 aliphatic carbocycles. The summed E-state index contributed by atoms with van der Waals surface area (Å²) in [6.07, 6.45) is 8.76. The number of likely N-dealkylation sites (tertiary alicyclic amines) is 1. The van der Waals surface area contributed by atoms with Gasteiger partial charge < -0.3 is 19.2 Å². The van der Waals surface area contributed by atoms with Crippen LogP contribution in [0.4, 0.5) is 0 Å². The predicted octanol–water partition coefficient (Wildman–Crippen LogP) is 4.03. The van der Waals surface area contributed by atoms with Gasteiger partial charge in [0.2, 0.25) is 0 Å². The summed E-state index contributed by atoms with van der Waals surface area (Å²) in [4.78, 5) is 14.1. The van der Waals surface area contributed by atoms with E-state index < -0.39 is 0 Å². The number of nitrogens with one attached hydrogen (secondary N) is 1. The summed E-state index contributed by atoms with van der Waals surface area (Å²) in [6.45, 7) is 14.3. The number of hydrogen-bond acceptors (Lipinski definition) is 4. The van der Waals surface area contributed by atoms with Gasteiger partial charge in [0.1, 0.15) is 5.76 Å². The topological polar surface area (TPSA) is 61.8 Å². The Morgan fingerprint density at radius 1 is 1.37 bits per heavy atom. The third-order valence-electron chi connectivity index (χ3n) is 6.00. The number of aromatic nitrogens is 2. The molecule has 3 rings (SSSR count). The highest BCUT2D eigenvalue weighted by Gasteiger charge is 2.29. The van der Waals surface area contributed by atoms with Gasteiger partial charge in [0.15, 0.2) is 5.96 Å². The van der Waals surface area contributed by atoms with Crippen LogP contribution in [-0.2, 0) is 0 Å². The molecule has 1 fully saturated rings. The molecule has 1 saturated heterocycles. The third-order valence-corrected chi connectivity index (χ3v) is 6.00. The van der Waals surface area contributed by atoms with Crippen LogP contribution < -0.4 is 5.32 Å². The van der Waals surface area contributed by atoms with Gasteiger partial charge >= 0.3 is 0 Å². The largest absolute Gasteiger partial charge is 0.468 e. The maximum absolute atomic E-state index is 5.74. The monoisotopic (exact) mass is 528 g/mol. The SMILES string of the molecule is CCNC(=NCC(c1ccco1)N(CC)CC)N1CCC(C)C(n2ccnc2)C1.I. The van der Waals surface area contributed by atoms with E-state index in [4.69, 9.17) is 9.41 Å². The number of furan rings is 1. The van der Waals surface area contributed by atoms with Gasteiger partial charge in [0, 0.05) is 32.0 Å². The lowest BCUT2D eigenvalue weighted by atomic mass is 9.93. The molecule has 168 valence electrons. The highest BCUT2D eigenvalue weighted by molar-refractivity contribution is 14.0. The molecule has 2 aromatic rings. The molecule has 3 atom stereocenters. The van der Waals surface area contributed by atoms with Crippen molar-refractivity contribution in [2.24, 2.45) is 10.9 Å². The summed E-state index contributed by atoms with van der Waals surface area (Å²) >= 11 is 0. The average Bonchev–Trinajstić information content (AvgIpc) is 3.45. The van der Waals surface area contributed by atoms with E-state index in [-0.39, 0.29) is 30.0 Å². The maximum atomic E-state index is 5.74. The second kappa shape index (κ2) is 12.3. The fraction of sp³-hybridized carbons (Fsp3) is 0.636. The van der Waals surface area contributed by atoms with Crippen molar-refractivity contribution in [2.75, 3.05) is 39.3 Å². The Kier molecular flexibility index (Phi) is 10.2. The predicted molar refractivity (Wildman–Crippen MR) is 132 cm³/mol. The number of piperidine rings is 1. The van der Waals surface area contributed by atoms with Crippen LogP contribution in [0.2, 0.25) is 0 Å². The zero-order valence-corrected chi connectivity index (χ0v) is 21.0. The van der Waals surface area contributed by atoms with E-state index in [9.17, 15) is 0 Å². The lowest BCUT2D eigenvalue weighted by molar-refractivity contribution is 0.184. The molecule has 1 N–H and O–H groups in total. The molecule has 0 saturated carbocycles. The number of hydrogen-bond donors (Lipinski definition) is 1. The molecule has 3 heterocycles. The molecule has 2 aromatic heterocycles. The van der Waals surface area contributed by atoms with Crippen LogP contribution >= 0.6 is 24.0 Å². The van der Waals surface area contributed by atoms with E-state index in [0.717, 1.165) is 50.9 Å². The average molecular weight is 528 g/mol. The van der Waals surface area contributed by atoms with Crippen LogP contribution in [0.1, 0.15) is 52.0 Å². The molecule has 0 radical (unpaired) electrons. The number of likely N-dealkylation sites (N-methyl/N-ethyl adjacent to an activating group) is 1. The van der Waals surface area contributed by atoms with Gasteiger partial charge in [-0.05, 0) is 44.5 Å². The molecule has 7 nitrogen and oxygen atoms in total. The number of halogens is 1. The molecule has 0 bridgehead atoms. The Morgan fingerprint density at radius 3 is 2.77 bits per heavy atom. The first-order valence-electron chi connectivity index (χ1n) is 11.0. The van der Waals surface area contributed by atoms with Gasteiger partial charge in [-0.1, -0.05) is 20.8 Å². The first-order chi connectivity index (χ1) is 14.2. The second-order valence-electron chi connectivity index (χ2n) is 7.74. The van der Waals surface area contributed by atoms with Crippen LogP contribution in [0.5, 0.6) is 0 Å². The highest BCUT2D eigenvalue weighted by atomic mass is 127. The second-order valence-corrected chi connectivity index (χ2v) is 7.74. The summed E-state index contributed by atoms with van der Waals surface area (Å²) < 4.78 is 7.98. The van der Waals surface area contributed by atoms with Crippen LogP contribution in [-0.4, -0.2) is 64.6 Å². The van der Waals surface area contributed by atoms with Crippen molar-refractivity contribution in [1.29, 1.82) is 0 Å². The Labute approximate surface area is 197 Å². The fourth-order valence-electron chi connectivity index (χ4n) is 4.22. The number of rotatable bonds is 8. The van der Waals surface area contributed by atoms with E-state index >= 15 is 0 Å². The van der Waals surface area contributed by atoms with Crippen LogP contribution in [0.3, 0.4) is 0 Å². The summed E-state index contributed by atoms with van der Waals surface area (Å²) in [7, 11) is 0. The number of aliphatic imine (C=N–C) groups is 1. The quantitative estimate of drug-likeness (QED) is 0.319. The lowest BCUT2D eigenvalue weighted by Gasteiger charge is -2.39. The molecule has 3 unspecified atom stereocenters. The van der Waals surface area contributed by atoms with Crippen LogP contribution in [0, 0.1) is 5.92 Å². The number of guanidine groups is 1. The molecule has 30 heavy (non-hydrogen) atoms. The van der Waals surface area contributed by atoms with Crippen molar-refractivity contribution < 1.29 is 4.42 Å². The standard InChI is InChI=1S/C22H36N6O.HI/c1-5-24-22(25-15-19(26(6-2)7-3)21-9-8-14-29-21)27-12-10-18(4)20(16-27)28-13-11-23-17-28;/h8-9,11,13-14,17-20H,5-7,10,12,15-16H2,1-4H3,(H,24,25);1H. The van der Waals surface area contributed by atoms with Gasteiger partial charge in [0.05, 0.1) is 31.2 Å². The minimum Gasteiger partial charge on any atom is -0.468 e. The molecule has 0 amide bonds. The van der Waals surface area contributed by atoms with Crippen molar-refractivity contribution in [3.05, 3.63) is 42.9 Å². The smallest absolute Gasteiger partial charge is 0.194 e. The number of imidazole rings is 1. The van der Waals surface area contributed by atoms with E-state index in [0.29, 0.717) is 18.5 Å². The first kappa shape index (κ1) is 24.7. The van der Waals surface area contributed by atoms with E-state index in [1.807, 2.05) is 18.6 Å². The van der Waals surface area contributed by atoms with Crippen LogP contribution in [0.25, 0.3) is 0 Å². The van der Waals surface area contributed by atoms with Crippen molar-refractivity contribution in [3.8, 4) is 0 Å². The van der Waals surface area contributed by atoms with E-state index in [2.05, 4.69) is 64.6 Å². The Hall–Kier alpha value is -1.55. The van der Waals surface area contributed by atoms with E-state index in [1.165, 1.54) is 0 Å². The molecular formula is C22H37IN6O. The van der Waals surface area contributed by atoms with Gasteiger partial charge in [-0.2, -0.15) is 0 Å². The third kappa shape index (κ3) is 6.00. The Balaban J connectivity index is 0.00000320. The molecular weight excluding hydrogens is 491 g/mol. The summed E-state index contributed by atoms with van der Waals surface area (Å²) in [5.41, 5.74) is 0. The molecule has 0 aromatic carbocycles. The molecule has 0 spiro atoms. The molecule has 1 aliphatic heterocycles. The van der Waals surface area contributed by atoms with Crippen LogP contribution in [0.15, 0.2) is 46.5 Å². The van der Waals surface area contributed by atoms with Gasteiger partial charge in [-0.25, -0.2) is 4.98 Å². The van der Waals surface area contributed by atoms with Crippen molar-refractivity contribution in [2.45, 2.75) is 46.2 Å². The minimum absolute atomic E-state index is 0. The van der Waals surface area contributed by atoms with Gasteiger partial charge in [-0.15, -0.1) is 24.0 Å². The molecule has 1 aliphatic rings.